The second-order valence-corrected chi connectivity index (χ2v) is 5.60. The first-order valence-corrected chi connectivity index (χ1v) is 7.68. The SMILES string of the molecule is O=C(c1cocn1)N1Cc2cccn2[C@H](COc2ccccn2)C1. The Labute approximate surface area is 138 Å². The van der Waals surface area contributed by atoms with Crippen LogP contribution in [0.5, 0.6) is 5.88 Å². The van der Waals surface area contributed by atoms with Crippen molar-refractivity contribution < 1.29 is 13.9 Å². The molecule has 1 aliphatic heterocycles. The van der Waals surface area contributed by atoms with Gasteiger partial charge in [0, 0.05) is 30.7 Å². The Morgan fingerprint density at radius 3 is 3.04 bits per heavy atom. The quantitative estimate of drug-likeness (QED) is 0.735. The van der Waals surface area contributed by atoms with Gasteiger partial charge in [-0.3, -0.25) is 4.79 Å². The Morgan fingerprint density at radius 1 is 1.29 bits per heavy atom. The number of oxazole rings is 1. The highest BCUT2D eigenvalue weighted by Gasteiger charge is 2.29. The van der Waals surface area contributed by atoms with Crippen LogP contribution >= 0.6 is 0 Å². The van der Waals surface area contributed by atoms with Gasteiger partial charge < -0.3 is 18.6 Å². The summed E-state index contributed by atoms with van der Waals surface area (Å²) in [5.74, 6) is 0.435. The van der Waals surface area contributed by atoms with Crippen LogP contribution < -0.4 is 4.74 Å². The van der Waals surface area contributed by atoms with Gasteiger partial charge in [0.1, 0.15) is 12.9 Å². The van der Waals surface area contributed by atoms with E-state index < -0.39 is 0 Å². The molecule has 1 aliphatic rings. The van der Waals surface area contributed by atoms with E-state index in [4.69, 9.17) is 9.15 Å². The third-order valence-electron chi connectivity index (χ3n) is 4.04. The highest BCUT2D eigenvalue weighted by Crippen LogP contribution is 2.24. The van der Waals surface area contributed by atoms with Crippen molar-refractivity contribution in [2.45, 2.75) is 12.6 Å². The Morgan fingerprint density at radius 2 is 2.25 bits per heavy atom. The average Bonchev–Trinajstić information content (AvgIpc) is 3.31. The topological polar surface area (TPSA) is 73.4 Å². The van der Waals surface area contributed by atoms with Gasteiger partial charge in [-0.15, -0.1) is 0 Å². The van der Waals surface area contributed by atoms with E-state index in [2.05, 4.69) is 14.5 Å². The summed E-state index contributed by atoms with van der Waals surface area (Å²) >= 11 is 0. The molecule has 4 heterocycles. The lowest BCUT2D eigenvalue weighted by Crippen LogP contribution is -2.42. The van der Waals surface area contributed by atoms with E-state index in [0.29, 0.717) is 31.3 Å². The Kier molecular flexibility index (Phi) is 3.74. The first kappa shape index (κ1) is 14.5. The minimum absolute atomic E-state index is 0.0154. The molecule has 24 heavy (non-hydrogen) atoms. The van der Waals surface area contributed by atoms with Crippen LogP contribution in [0, 0.1) is 0 Å². The second-order valence-electron chi connectivity index (χ2n) is 5.60. The second kappa shape index (κ2) is 6.19. The number of nitrogens with zero attached hydrogens (tertiary/aromatic N) is 4. The first-order valence-electron chi connectivity index (χ1n) is 7.68. The number of rotatable bonds is 4. The fourth-order valence-corrected chi connectivity index (χ4v) is 2.90. The Hall–Kier alpha value is -3.09. The summed E-state index contributed by atoms with van der Waals surface area (Å²) in [5, 5.41) is 0. The maximum absolute atomic E-state index is 12.6. The minimum Gasteiger partial charge on any atom is -0.475 e. The van der Waals surface area contributed by atoms with Crippen LogP contribution in [0.25, 0.3) is 0 Å². The number of pyridine rings is 1. The molecule has 3 aromatic rings. The minimum atomic E-state index is -0.140. The molecular formula is C17H16N4O3. The molecule has 0 radical (unpaired) electrons. The molecule has 0 N–H and O–H groups in total. The van der Waals surface area contributed by atoms with Crippen molar-refractivity contribution in [3.8, 4) is 5.88 Å². The summed E-state index contributed by atoms with van der Waals surface area (Å²) in [4.78, 5) is 22.4. The zero-order chi connectivity index (χ0) is 16.4. The summed E-state index contributed by atoms with van der Waals surface area (Å²) in [6.07, 6.45) is 6.34. The van der Waals surface area contributed by atoms with Gasteiger partial charge in [-0.2, -0.15) is 0 Å². The molecule has 4 rings (SSSR count). The predicted octanol–water partition coefficient (Wildman–Crippen LogP) is 2.15. The number of carbonyl (C=O) groups is 1. The Balaban J connectivity index is 1.52. The van der Waals surface area contributed by atoms with Crippen LogP contribution in [-0.4, -0.2) is 38.5 Å². The number of hydrogen-bond acceptors (Lipinski definition) is 5. The standard InChI is InChI=1S/C17H16N4O3/c22-17(15-11-23-12-19-15)20-8-13-4-3-7-21(13)14(9-20)10-24-16-5-1-2-6-18-16/h1-7,11-12,14H,8-10H2/t14-/m0/s1. The molecule has 7 nitrogen and oxygen atoms in total. The van der Waals surface area contributed by atoms with Crippen molar-refractivity contribution in [1.29, 1.82) is 0 Å². The van der Waals surface area contributed by atoms with Crippen molar-refractivity contribution in [1.82, 2.24) is 19.4 Å². The molecule has 0 saturated carbocycles. The lowest BCUT2D eigenvalue weighted by atomic mass is 10.2. The van der Waals surface area contributed by atoms with Gasteiger partial charge in [0.05, 0.1) is 12.6 Å². The zero-order valence-corrected chi connectivity index (χ0v) is 12.9. The van der Waals surface area contributed by atoms with Gasteiger partial charge in [0.15, 0.2) is 12.1 Å². The van der Waals surface area contributed by atoms with E-state index in [1.165, 1.54) is 12.7 Å². The van der Waals surface area contributed by atoms with Crippen LogP contribution in [0.15, 0.2) is 59.8 Å². The maximum atomic E-state index is 12.6. The summed E-state index contributed by atoms with van der Waals surface area (Å²) in [6.45, 7) is 1.51. The summed E-state index contributed by atoms with van der Waals surface area (Å²) < 4.78 is 12.9. The molecule has 7 heteroatoms. The number of amides is 1. The van der Waals surface area contributed by atoms with Gasteiger partial charge in [-0.25, -0.2) is 9.97 Å². The van der Waals surface area contributed by atoms with Crippen molar-refractivity contribution >= 4 is 5.91 Å². The predicted molar refractivity (Wildman–Crippen MR) is 84.4 cm³/mol. The number of carbonyl (C=O) groups excluding carboxylic acids is 1. The van der Waals surface area contributed by atoms with E-state index in [0.717, 1.165) is 5.69 Å². The summed E-state index contributed by atoms with van der Waals surface area (Å²) in [6, 6.07) is 9.54. The normalized spacial score (nSPS) is 16.7. The number of fused-ring (bicyclic) bond motifs is 1. The maximum Gasteiger partial charge on any atom is 0.276 e. The smallest absolute Gasteiger partial charge is 0.276 e. The molecule has 122 valence electrons. The highest BCUT2D eigenvalue weighted by atomic mass is 16.5. The molecule has 0 bridgehead atoms. The molecule has 0 fully saturated rings. The number of aromatic nitrogens is 3. The number of hydrogen-bond donors (Lipinski definition) is 0. The van der Waals surface area contributed by atoms with Gasteiger partial charge in [0.25, 0.3) is 5.91 Å². The highest BCUT2D eigenvalue weighted by molar-refractivity contribution is 5.91. The third kappa shape index (κ3) is 2.76. The summed E-state index contributed by atoms with van der Waals surface area (Å²) in [7, 11) is 0. The number of ether oxygens (including phenoxy) is 1. The van der Waals surface area contributed by atoms with E-state index in [1.54, 1.807) is 11.1 Å². The molecule has 0 saturated heterocycles. The largest absolute Gasteiger partial charge is 0.475 e. The fraction of sp³-hybridized carbons (Fsp3) is 0.235. The summed E-state index contributed by atoms with van der Waals surface area (Å²) in [5.41, 5.74) is 1.38. The molecule has 1 atom stereocenters. The van der Waals surface area contributed by atoms with E-state index >= 15 is 0 Å². The van der Waals surface area contributed by atoms with Crippen molar-refractivity contribution in [2.24, 2.45) is 0 Å². The van der Waals surface area contributed by atoms with Crippen LogP contribution in [0.3, 0.4) is 0 Å². The average molecular weight is 324 g/mol. The van der Waals surface area contributed by atoms with Crippen LogP contribution in [0.1, 0.15) is 22.2 Å². The molecule has 0 aliphatic carbocycles. The lowest BCUT2D eigenvalue weighted by Gasteiger charge is -2.34. The van der Waals surface area contributed by atoms with Crippen LogP contribution in [0.2, 0.25) is 0 Å². The van der Waals surface area contributed by atoms with Crippen LogP contribution in [0.4, 0.5) is 0 Å². The van der Waals surface area contributed by atoms with Gasteiger partial charge in [-0.1, -0.05) is 6.07 Å². The molecule has 0 unspecified atom stereocenters. The Bertz CT molecular complexity index is 814. The van der Waals surface area contributed by atoms with Crippen molar-refractivity contribution in [2.75, 3.05) is 13.2 Å². The van der Waals surface area contributed by atoms with E-state index in [1.807, 2.05) is 36.5 Å². The molecule has 0 spiro atoms. The van der Waals surface area contributed by atoms with E-state index in [-0.39, 0.29) is 11.9 Å². The molecular weight excluding hydrogens is 308 g/mol. The molecule has 1 amide bonds. The van der Waals surface area contributed by atoms with E-state index in [9.17, 15) is 4.79 Å². The fourth-order valence-electron chi connectivity index (χ4n) is 2.90. The molecule has 0 aromatic carbocycles. The monoisotopic (exact) mass is 324 g/mol. The third-order valence-corrected chi connectivity index (χ3v) is 4.04. The van der Waals surface area contributed by atoms with Crippen molar-refractivity contribution in [3.05, 3.63) is 66.8 Å². The zero-order valence-electron chi connectivity index (χ0n) is 12.9. The van der Waals surface area contributed by atoms with Gasteiger partial charge >= 0.3 is 0 Å². The van der Waals surface area contributed by atoms with Gasteiger partial charge in [0.2, 0.25) is 5.88 Å². The molecule has 3 aromatic heterocycles. The van der Waals surface area contributed by atoms with Crippen LogP contribution in [-0.2, 0) is 6.54 Å². The van der Waals surface area contributed by atoms with Crippen molar-refractivity contribution in [3.63, 3.8) is 0 Å². The first-order chi connectivity index (χ1) is 11.8. The lowest BCUT2D eigenvalue weighted by molar-refractivity contribution is 0.0640. The van der Waals surface area contributed by atoms with Gasteiger partial charge in [-0.05, 0) is 18.2 Å².